The molecule has 11 heteroatoms. The number of hydrogen-bond acceptors (Lipinski definition) is 6. The van der Waals surface area contributed by atoms with Gasteiger partial charge in [-0.3, -0.25) is 9.52 Å². The maximum Gasteiger partial charge on any atom is 0.256 e. The van der Waals surface area contributed by atoms with Crippen molar-refractivity contribution in [3.05, 3.63) is 51.8 Å². The molecule has 0 spiro atoms. The van der Waals surface area contributed by atoms with E-state index >= 15 is 0 Å². The lowest BCUT2D eigenvalue weighted by Gasteiger charge is -2.38. The Labute approximate surface area is 213 Å². The van der Waals surface area contributed by atoms with E-state index in [1.807, 2.05) is 22.4 Å². The van der Waals surface area contributed by atoms with Gasteiger partial charge in [0.25, 0.3) is 5.91 Å². The lowest BCUT2D eigenvalue weighted by atomic mass is 9.98. The smallest absolute Gasteiger partial charge is 0.256 e. The molecule has 2 saturated heterocycles. The summed E-state index contributed by atoms with van der Waals surface area (Å²) >= 11 is 3.42. The quantitative estimate of drug-likeness (QED) is 0.506. The molecule has 0 unspecified atom stereocenters. The number of carbonyl (C=O) groups excluding carboxylic acids is 1. The van der Waals surface area contributed by atoms with Crippen molar-refractivity contribution in [2.45, 2.75) is 39.2 Å². The Kier molecular flexibility index (Phi) is 6.25. The second-order valence-corrected chi connectivity index (χ2v) is 12.3. The van der Waals surface area contributed by atoms with Gasteiger partial charge in [0, 0.05) is 41.9 Å². The van der Waals surface area contributed by atoms with Crippen molar-refractivity contribution in [2.75, 3.05) is 35.5 Å². The van der Waals surface area contributed by atoms with Gasteiger partial charge in [0.1, 0.15) is 5.82 Å². The van der Waals surface area contributed by atoms with Crippen molar-refractivity contribution < 1.29 is 13.2 Å². The molecule has 0 saturated carbocycles. The Balaban J connectivity index is 1.49. The molecule has 2 aromatic heterocycles. The largest absolute Gasteiger partial charge is 0.356 e. The average molecular weight is 562 g/mol. The highest BCUT2D eigenvalue weighted by Crippen LogP contribution is 2.34. The molecular weight excluding hydrogens is 532 g/mol. The summed E-state index contributed by atoms with van der Waals surface area (Å²) in [6, 6.07) is 8.81. The Hall–Kier alpha value is -2.66. The maximum atomic E-state index is 13.8. The number of likely N-dealkylation sites (tertiary alicyclic amines) is 1. The molecule has 5 rings (SSSR count). The van der Waals surface area contributed by atoms with E-state index in [1.54, 1.807) is 18.2 Å². The van der Waals surface area contributed by atoms with E-state index in [-0.39, 0.29) is 17.6 Å². The average Bonchev–Trinajstić information content (AvgIpc) is 3.21. The molecular formula is C24H29BrN6O3S. The van der Waals surface area contributed by atoms with E-state index in [4.69, 9.17) is 10.1 Å². The normalized spacial score (nSPS) is 19.1. The van der Waals surface area contributed by atoms with Crippen LogP contribution < -0.4 is 9.62 Å². The van der Waals surface area contributed by atoms with E-state index in [9.17, 15) is 13.2 Å². The van der Waals surface area contributed by atoms with Crippen molar-refractivity contribution in [3.63, 3.8) is 0 Å². The van der Waals surface area contributed by atoms with E-state index in [0.717, 1.165) is 61.5 Å². The third-order valence-corrected chi connectivity index (χ3v) is 7.70. The van der Waals surface area contributed by atoms with Crippen LogP contribution in [0.25, 0.3) is 5.65 Å². The second kappa shape index (κ2) is 9.09. The summed E-state index contributed by atoms with van der Waals surface area (Å²) in [5.41, 5.74) is 3.15. The zero-order chi connectivity index (χ0) is 24.9. The van der Waals surface area contributed by atoms with Gasteiger partial charge >= 0.3 is 0 Å². The fourth-order valence-electron chi connectivity index (χ4n) is 4.96. The maximum absolute atomic E-state index is 13.8. The number of carbonyl (C=O) groups is 1. The molecule has 1 atom stereocenters. The summed E-state index contributed by atoms with van der Waals surface area (Å²) < 4.78 is 28.8. The molecule has 2 aliphatic rings. The van der Waals surface area contributed by atoms with Gasteiger partial charge < -0.3 is 9.80 Å². The summed E-state index contributed by atoms with van der Waals surface area (Å²) in [6.07, 6.45) is 3.73. The third-order valence-electron chi connectivity index (χ3n) is 6.61. The second-order valence-electron chi connectivity index (χ2n) is 9.68. The van der Waals surface area contributed by atoms with Crippen molar-refractivity contribution in [3.8, 4) is 0 Å². The molecule has 3 aromatic rings. The van der Waals surface area contributed by atoms with Crippen LogP contribution in [0.2, 0.25) is 0 Å². The first kappa shape index (κ1) is 24.1. The molecule has 35 heavy (non-hydrogen) atoms. The summed E-state index contributed by atoms with van der Waals surface area (Å²) in [7, 11) is -3.54. The van der Waals surface area contributed by atoms with Crippen LogP contribution in [-0.2, 0) is 10.0 Å². The van der Waals surface area contributed by atoms with Crippen molar-refractivity contribution in [1.29, 1.82) is 0 Å². The number of piperidine rings is 1. The molecule has 1 aromatic carbocycles. The van der Waals surface area contributed by atoms with Crippen LogP contribution in [0, 0.1) is 12.8 Å². The molecule has 1 amide bonds. The SMILES string of the molecule is Cc1cc(N2CC(C)C2)nc2cc([C@@H]3CCCCN3C(=O)c3cc(Br)ccc3NS(C)(=O)=O)nn12. The van der Waals surface area contributed by atoms with Gasteiger partial charge in [0.15, 0.2) is 5.65 Å². The van der Waals surface area contributed by atoms with Crippen LogP contribution in [0.3, 0.4) is 0 Å². The van der Waals surface area contributed by atoms with Gasteiger partial charge in [0.05, 0.1) is 29.2 Å². The fourth-order valence-corrected chi connectivity index (χ4v) is 5.89. The summed E-state index contributed by atoms with van der Waals surface area (Å²) in [6.45, 7) is 6.84. The monoisotopic (exact) mass is 560 g/mol. The number of hydrogen-bond donors (Lipinski definition) is 1. The Bertz CT molecular complexity index is 1400. The molecule has 0 bridgehead atoms. The van der Waals surface area contributed by atoms with Crippen molar-refractivity contribution in [1.82, 2.24) is 19.5 Å². The minimum absolute atomic E-state index is 0.213. The minimum Gasteiger partial charge on any atom is -0.356 e. The molecule has 1 N–H and O–H groups in total. The van der Waals surface area contributed by atoms with Gasteiger partial charge in [-0.1, -0.05) is 22.9 Å². The van der Waals surface area contributed by atoms with Gasteiger partial charge in [-0.2, -0.15) is 5.10 Å². The predicted octanol–water partition coefficient (Wildman–Crippen LogP) is 4.00. The molecule has 4 heterocycles. The molecule has 9 nitrogen and oxygen atoms in total. The highest BCUT2D eigenvalue weighted by molar-refractivity contribution is 9.10. The number of nitrogens with zero attached hydrogens (tertiary/aromatic N) is 5. The highest BCUT2D eigenvalue weighted by Gasteiger charge is 2.32. The third kappa shape index (κ3) is 4.88. The number of nitrogens with one attached hydrogen (secondary N) is 1. The zero-order valence-corrected chi connectivity index (χ0v) is 22.4. The number of fused-ring (bicyclic) bond motifs is 1. The molecule has 0 aliphatic carbocycles. The Morgan fingerprint density at radius 3 is 2.66 bits per heavy atom. The van der Waals surface area contributed by atoms with Crippen LogP contribution >= 0.6 is 15.9 Å². The van der Waals surface area contributed by atoms with Crippen LogP contribution in [0.15, 0.2) is 34.8 Å². The van der Waals surface area contributed by atoms with E-state index in [0.29, 0.717) is 22.5 Å². The van der Waals surface area contributed by atoms with Crippen LogP contribution in [0.4, 0.5) is 11.5 Å². The predicted molar refractivity (Wildman–Crippen MR) is 139 cm³/mol. The van der Waals surface area contributed by atoms with E-state index in [1.165, 1.54) is 0 Å². The first-order valence-corrected chi connectivity index (χ1v) is 14.5. The Morgan fingerprint density at radius 2 is 1.94 bits per heavy atom. The number of rotatable bonds is 5. The Morgan fingerprint density at radius 1 is 1.17 bits per heavy atom. The van der Waals surface area contributed by atoms with E-state index < -0.39 is 10.0 Å². The van der Waals surface area contributed by atoms with Crippen molar-refractivity contribution in [2.24, 2.45) is 5.92 Å². The molecule has 186 valence electrons. The first-order chi connectivity index (χ1) is 16.6. The highest BCUT2D eigenvalue weighted by atomic mass is 79.9. The van der Waals surface area contributed by atoms with E-state index in [2.05, 4.69) is 38.5 Å². The topological polar surface area (TPSA) is 99.9 Å². The van der Waals surface area contributed by atoms with Gasteiger partial charge in [-0.05, 0) is 50.3 Å². The number of halogens is 1. The first-order valence-electron chi connectivity index (χ1n) is 11.8. The molecule has 0 radical (unpaired) electrons. The van der Waals surface area contributed by atoms with Gasteiger partial charge in [-0.25, -0.2) is 17.9 Å². The van der Waals surface area contributed by atoms with Crippen molar-refractivity contribution >= 4 is 49.0 Å². The number of aromatic nitrogens is 3. The number of anilines is 2. The number of benzene rings is 1. The molecule has 2 fully saturated rings. The number of amides is 1. The lowest BCUT2D eigenvalue weighted by Crippen LogP contribution is -2.45. The minimum atomic E-state index is -3.54. The molecule has 2 aliphatic heterocycles. The van der Waals surface area contributed by atoms with Gasteiger partial charge in [-0.15, -0.1) is 0 Å². The van der Waals surface area contributed by atoms with Gasteiger partial charge in [0.2, 0.25) is 10.0 Å². The summed E-state index contributed by atoms with van der Waals surface area (Å²) in [4.78, 5) is 22.7. The van der Waals surface area contributed by atoms with Crippen LogP contribution in [-0.4, -0.2) is 59.7 Å². The van der Waals surface area contributed by atoms with Crippen LogP contribution in [0.5, 0.6) is 0 Å². The standard InChI is InChI=1S/C24H29BrN6O3S/c1-15-13-29(14-15)22-10-16(2)31-23(26-22)12-20(27-31)21-6-4-5-9-30(21)24(32)18-11-17(25)7-8-19(18)28-35(3,33)34/h7-8,10-12,15,21,28H,4-6,9,13-14H2,1-3H3/t21-/m0/s1. The number of aryl methyl sites for hydroxylation is 1. The lowest BCUT2D eigenvalue weighted by molar-refractivity contribution is 0.0606. The summed E-state index contributed by atoms with van der Waals surface area (Å²) in [5, 5.41) is 4.84. The number of sulfonamides is 1. The summed E-state index contributed by atoms with van der Waals surface area (Å²) in [5.74, 6) is 1.41. The zero-order valence-electron chi connectivity index (χ0n) is 20.0. The fraction of sp³-hybridized carbons (Fsp3) is 0.458. The van der Waals surface area contributed by atoms with Crippen LogP contribution in [0.1, 0.15) is 54.0 Å².